The van der Waals surface area contributed by atoms with Gasteiger partial charge in [-0.05, 0) is 30.4 Å². The van der Waals surface area contributed by atoms with Gasteiger partial charge >= 0.3 is 5.97 Å². The smallest absolute Gasteiger partial charge is 0.340 e. The van der Waals surface area contributed by atoms with Gasteiger partial charge in [0.1, 0.15) is 0 Å². The van der Waals surface area contributed by atoms with Crippen LogP contribution in [0.3, 0.4) is 0 Å². The Morgan fingerprint density at radius 2 is 1.50 bits per heavy atom. The van der Waals surface area contributed by atoms with E-state index in [0.717, 1.165) is 0 Å². The van der Waals surface area contributed by atoms with E-state index in [4.69, 9.17) is 49.6 Å². The molecule has 0 heterocycles. The number of esters is 1. The molecule has 0 fully saturated rings. The molecule has 6 nitrogen and oxygen atoms in total. The van der Waals surface area contributed by atoms with Crippen LogP contribution in [0.5, 0.6) is 11.5 Å². The third-order valence-electron chi connectivity index (χ3n) is 3.30. The Morgan fingerprint density at radius 1 is 0.923 bits per heavy atom. The van der Waals surface area contributed by atoms with Crippen LogP contribution in [0.25, 0.3) is 0 Å². The highest BCUT2D eigenvalue weighted by atomic mass is 35.5. The van der Waals surface area contributed by atoms with Gasteiger partial charge < -0.3 is 24.8 Å². The summed E-state index contributed by atoms with van der Waals surface area (Å²) in [7, 11) is 4.25. The highest BCUT2D eigenvalue weighted by molar-refractivity contribution is 7.80. The van der Waals surface area contributed by atoms with Gasteiger partial charge in [-0.3, -0.25) is 0 Å². The maximum absolute atomic E-state index is 12.1. The van der Waals surface area contributed by atoms with E-state index >= 15 is 0 Å². The summed E-state index contributed by atoms with van der Waals surface area (Å²) in [5.74, 6) is 0.261. The Kier molecular flexibility index (Phi) is 6.90. The van der Waals surface area contributed by atoms with E-state index in [2.05, 4.69) is 10.6 Å². The van der Waals surface area contributed by atoms with Crippen LogP contribution in [0.2, 0.25) is 10.0 Å². The molecule has 0 amide bonds. The lowest BCUT2D eigenvalue weighted by Crippen LogP contribution is -2.21. The molecule has 0 saturated heterocycles. The van der Waals surface area contributed by atoms with Crippen molar-refractivity contribution in [3.63, 3.8) is 0 Å². The molecule has 0 aromatic heterocycles. The first-order valence-corrected chi connectivity index (χ1v) is 8.42. The second-order valence-electron chi connectivity index (χ2n) is 4.98. The first-order chi connectivity index (χ1) is 12.4. The molecule has 0 atom stereocenters. The molecule has 0 aliphatic rings. The van der Waals surface area contributed by atoms with Crippen LogP contribution in [0.4, 0.5) is 11.4 Å². The van der Waals surface area contributed by atoms with Crippen molar-refractivity contribution in [3.8, 4) is 11.5 Å². The predicted octanol–water partition coefficient (Wildman–Crippen LogP) is 4.61. The monoisotopic (exact) mass is 414 g/mol. The molecule has 0 unspecified atom stereocenters. The standard InChI is InChI=1S/C17H16Cl2N2O4S/c1-23-14-7-12(16(22)25-3)13(8-15(14)24-2)21-17(26)20-11-5-9(18)4-10(19)6-11/h4-8H,1-3H3,(H2,20,21,26). The van der Waals surface area contributed by atoms with Gasteiger partial charge in [0.25, 0.3) is 0 Å². The molecule has 0 radical (unpaired) electrons. The fraction of sp³-hybridized carbons (Fsp3) is 0.176. The lowest BCUT2D eigenvalue weighted by Gasteiger charge is -2.16. The summed E-state index contributed by atoms with van der Waals surface area (Å²) in [5.41, 5.74) is 1.22. The lowest BCUT2D eigenvalue weighted by atomic mass is 10.1. The highest BCUT2D eigenvalue weighted by Gasteiger charge is 2.18. The minimum atomic E-state index is -0.554. The largest absolute Gasteiger partial charge is 0.493 e. The zero-order chi connectivity index (χ0) is 19.3. The van der Waals surface area contributed by atoms with Crippen molar-refractivity contribution in [2.24, 2.45) is 0 Å². The number of hydrogen-bond acceptors (Lipinski definition) is 5. The Labute approximate surface area is 166 Å². The molecule has 0 spiro atoms. The van der Waals surface area contributed by atoms with Crippen LogP contribution in [0.15, 0.2) is 30.3 Å². The number of carbonyl (C=O) groups excluding carboxylic acids is 1. The van der Waals surface area contributed by atoms with Crippen LogP contribution < -0.4 is 20.1 Å². The number of carbonyl (C=O) groups is 1. The van der Waals surface area contributed by atoms with Gasteiger partial charge in [0.2, 0.25) is 0 Å². The first kappa shape index (κ1) is 20.1. The van der Waals surface area contributed by atoms with Gasteiger partial charge in [0.15, 0.2) is 16.6 Å². The normalized spacial score (nSPS) is 10.0. The first-order valence-electron chi connectivity index (χ1n) is 7.26. The van der Waals surface area contributed by atoms with Crippen molar-refractivity contribution in [1.29, 1.82) is 0 Å². The van der Waals surface area contributed by atoms with Crippen molar-refractivity contribution in [2.45, 2.75) is 0 Å². The molecule has 0 aliphatic carbocycles. The Morgan fingerprint density at radius 3 is 2.04 bits per heavy atom. The minimum Gasteiger partial charge on any atom is -0.493 e. The van der Waals surface area contributed by atoms with Crippen LogP contribution in [0, 0.1) is 0 Å². The maximum Gasteiger partial charge on any atom is 0.340 e. The molecule has 9 heteroatoms. The predicted molar refractivity (Wildman–Crippen MR) is 107 cm³/mol. The van der Waals surface area contributed by atoms with E-state index in [1.165, 1.54) is 27.4 Å². The number of anilines is 2. The molecule has 2 rings (SSSR count). The van der Waals surface area contributed by atoms with E-state index in [1.807, 2.05) is 0 Å². The number of rotatable bonds is 5. The summed E-state index contributed by atoms with van der Waals surface area (Å²) < 4.78 is 15.3. The molecule has 2 aromatic carbocycles. The number of benzene rings is 2. The van der Waals surface area contributed by atoms with Crippen molar-refractivity contribution in [1.82, 2.24) is 0 Å². The summed E-state index contributed by atoms with van der Waals surface area (Å²) in [6.07, 6.45) is 0. The average Bonchev–Trinajstić information content (AvgIpc) is 2.59. The molecule has 26 heavy (non-hydrogen) atoms. The number of ether oxygens (including phenoxy) is 3. The van der Waals surface area contributed by atoms with Crippen LogP contribution in [0.1, 0.15) is 10.4 Å². The van der Waals surface area contributed by atoms with Crippen LogP contribution in [-0.4, -0.2) is 32.4 Å². The second-order valence-corrected chi connectivity index (χ2v) is 6.26. The topological polar surface area (TPSA) is 68.8 Å². The average molecular weight is 415 g/mol. The third kappa shape index (κ3) is 4.91. The Bertz CT molecular complexity index is 826. The Hall–Kier alpha value is -2.22. The van der Waals surface area contributed by atoms with Crippen LogP contribution in [-0.2, 0) is 4.74 Å². The number of nitrogens with one attached hydrogen (secondary N) is 2. The third-order valence-corrected chi connectivity index (χ3v) is 3.94. The van der Waals surface area contributed by atoms with E-state index in [9.17, 15) is 4.79 Å². The van der Waals surface area contributed by atoms with Gasteiger partial charge in [0, 0.05) is 27.9 Å². The van der Waals surface area contributed by atoms with E-state index in [0.29, 0.717) is 32.9 Å². The van der Waals surface area contributed by atoms with Crippen molar-refractivity contribution >= 4 is 57.9 Å². The highest BCUT2D eigenvalue weighted by Crippen LogP contribution is 2.34. The van der Waals surface area contributed by atoms with Gasteiger partial charge in [0.05, 0.1) is 32.6 Å². The molecule has 0 bridgehead atoms. The SMILES string of the molecule is COC(=O)c1cc(OC)c(OC)cc1NC(=S)Nc1cc(Cl)cc(Cl)c1. The minimum absolute atomic E-state index is 0.223. The fourth-order valence-corrected chi connectivity index (χ4v) is 2.93. The number of thiocarbonyl (C=S) groups is 1. The van der Waals surface area contributed by atoms with E-state index < -0.39 is 5.97 Å². The summed E-state index contributed by atoms with van der Waals surface area (Å²) in [6, 6.07) is 8.03. The molecule has 138 valence electrons. The summed E-state index contributed by atoms with van der Waals surface area (Å²) in [5, 5.41) is 7.03. The van der Waals surface area contributed by atoms with Crippen molar-refractivity contribution in [3.05, 3.63) is 45.9 Å². The van der Waals surface area contributed by atoms with Gasteiger partial charge in [-0.25, -0.2) is 4.79 Å². The number of halogens is 2. The quantitative estimate of drug-likeness (QED) is 0.546. The Balaban J connectivity index is 2.31. The zero-order valence-electron chi connectivity index (χ0n) is 14.2. The number of hydrogen-bond donors (Lipinski definition) is 2. The zero-order valence-corrected chi connectivity index (χ0v) is 16.5. The van der Waals surface area contributed by atoms with E-state index in [-0.39, 0.29) is 10.7 Å². The summed E-state index contributed by atoms with van der Waals surface area (Å²) in [4.78, 5) is 12.1. The molecular weight excluding hydrogens is 399 g/mol. The van der Waals surface area contributed by atoms with E-state index in [1.54, 1.807) is 24.3 Å². The molecule has 0 saturated carbocycles. The van der Waals surface area contributed by atoms with Gasteiger partial charge in [-0.15, -0.1) is 0 Å². The molecular formula is C17H16Cl2N2O4S. The van der Waals surface area contributed by atoms with Gasteiger partial charge in [-0.2, -0.15) is 0 Å². The molecule has 2 aromatic rings. The van der Waals surface area contributed by atoms with Crippen molar-refractivity contribution in [2.75, 3.05) is 32.0 Å². The lowest BCUT2D eigenvalue weighted by molar-refractivity contribution is 0.0601. The summed E-state index contributed by atoms with van der Waals surface area (Å²) >= 11 is 17.2. The maximum atomic E-state index is 12.1. The summed E-state index contributed by atoms with van der Waals surface area (Å²) in [6.45, 7) is 0. The number of methoxy groups -OCH3 is 3. The molecule has 2 N–H and O–H groups in total. The van der Waals surface area contributed by atoms with Crippen LogP contribution >= 0.6 is 35.4 Å². The fourth-order valence-electron chi connectivity index (χ4n) is 2.17. The molecule has 0 aliphatic heterocycles. The van der Waals surface area contributed by atoms with Crippen molar-refractivity contribution < 1.29 is 19.0 Å². The second kappa shape index (κ2) is 8.93. The van der Waals surface area contributed by atoms with Gasteiger partial charge in [-0.1, -0.05) is 23.2 Å².